The fraction of sp³-hybridized carbons (Fsp3) is 0.118. The van der Waals surface area contributed by atoms with Crippen LogP contribution in [-0.2, 0) is 4.79 Å². The van der Waals surface area contributed by atoms with Gasteiger partial charge in [-0.05, 0) is 36.8 Å². The summed E-state index contributed by atoms with van der Waals surface area (Å²) in [6.45, 7) is 2.01. The molecule has 1 aliphatic heterocycles. The van der Waals surface area contributed by atoms with Crippen molar-refractivity contribution in [3.05, 3.63) is 65.0 Å². The molecular formula is C17H14FNO. The zero-order valence-electron chi connectivity index (χ0n) is 11.4. The number of anilines is 1. The topological polar surface area (TPSA) is 20.3 Å². The standard InChI is InChI=1S/C17H14FNO/c1-11-3-5-12(6-4-11)9-15-14-10-13(18)7-8-16(14)19(2)17(15)20/h3-10H,1-2H3/b15-9+. The van der Waals surface area contributed by atoms with E-state index in [-0.39, 0.29) is 11.7 Å². The second-order valence-corrected chi connectivity index (χ2v) is 4.99. The number of halogens is 1. The number of nitrogens with zero attached hydrogens (tertiary/aromatic N) is 1. The van der Waals surface area contributed by atoms with E-state index >= 15 is 0 Å². The zero-order valence-corrected chi connectivity index (χ0v) is 11.4. The van der Waals surface area contributed by atoms with E-state index in [1.54, 1.807) is 18.0 Å². The van der Waals surface area contributed by atoms with Crippen molar-refractivity contribution in [2.75, 3.05) is 11.9 Å². The van der Waals surface area contributed by atoms with E-state index < -0.39 is 0 Å². The number of hydrogen-bond acceptors (Lipinski definition) is 1. The van der Waals surface area contributed by atoms with E-state index in [1.165, 1.54) is 12.1 Å². The molecule has 0 atom stereocenters. The summed E-state index contributed by atoms with van der Waals surface area (Å²) in [5.41, 5.74) is 4.02. The summed E-state index contributed by atoms with van der Waals surface area (Å²) in [5.74, 6) is -0.437. The minimum atomic E-state index is -0.332. The lowest BCUT2D eigenvalue weighted by Crippen LogP contribution is -2.20. The lowest BCUT2D eigenvalue weighted by molar-refractivity contribution is -0.112. The molecule has 20 heavy (non-hydrogen) atoms. The van der Waals surface area contributed by atoms with Crippen molar-refractivity contribution in [2.24, 2.45) is 0 Å². The highest BCUT2D eigenvalue weighted by atomic mass is 19.1. The fourth-order valence-corrected chi connectivity index (χ4v) is 2.39. The highest BCUT2D eigenvalue weighted by molar-refractivity contribution is 6.35. The zero-order chi connectivity index (χ0) is 14.3. The lowest BCUT2D eigenvalue weighted by Gasteiger charge is -2.08. The van der Waals surface area contributed by atoms with Crippen LogP contribution >= 0.6 is 0 Å². The largest absolute Gasteiger partial charge is 0.311 e. The number of carbonyl (C=O) groups is 1. The average Bonchev–Trinajstić information content (AvgIpc) is 2.66. The van der Waals surface area contributed by atoms with Gasteiger partial charge in [-0.25, -0.2) is 4.39 Å². The summed E-state index contributed by atoms with van der Waals surface area (Å²) in [6, 6.07) is 12.3. The van der Waals surface area contributed by atoms with Crippen LogP contribution in [0.5, 0.6) is 0 Å². The van der Waals surface area contributed by atoms with Gasteiger partial charge in [-0.15, -0.1) is 0 Å². The maximum atomic E-state index is 13.4. The third-order valence-electron chi connectivity index (χ3n) is 3.53. The highest BCUT2D eigenvalue weighted by Crippen LogP contribution is 2.37. The van der Waals surface area contributed by atoms with Gasteiger partial charge in [0.2, 0.25) is 0 Å². The van der Waals surface area contributed by atoms with Crippen LogP contribution in [-0.4, -0.2) is 13.0 Å². The van der Waals surface area contributed by atoms with Crippen LogP contribution in [0.2, 0.25) is 0 Å². The number of fused-ring (bicyclic) bond motifs is 1. The Labute approximate surface area is 117 Å². The first kappa shape index (κ1) is 12.6. The molecule has 0 fully saturated rings. The molecule has 0 spiro atoms. The van der Waals surface area contributed by atoms with Crippen molar-refractivity contribution in [3.8, 4) is 0 Å². The summed E-state index contributed by atoms with van der Waals surface area (Å²) in [5, 5.41) is 0. The Hall–Kier alpha value is -2.42. The Morgan fingerprint density at radius 2 is 1.80 bits per heavy atom. The van der Waals surface area contributed by atoms with E-state index in [4.69, 9.17) is 0 Å². The monoisotopic (exact) mass is 267 g/mol. The van der Waals surface area contributed by atoms with Gasteiger partial charge in [-0.2, -0.15) is 0 Å². The van der Waals surface area contributed by atoms with E-state index in [1.807, 2.05) is 37.3 Å². The van der Waals surface area contributed by atoms with Gasteiger partial charge in [-0.1, -0.05) is 29.8 Å². The van der Waals surface area contributed by atoms with E-state index in [0.29, 0.717) is 11.1 Å². The Bertz CT molecular complexity index is 716. The van der Waals surface area contributed by atoms with Gasteiger partial charge in [0.15, 0.2) is 0 Å². The second-order valence-electron chi connectivity index (χ2n) is 4.99. The van der Waals surface area contributed by atoms with Crippen molar-refractivity contribution in [3.63, 3.8) is 0 Å². The molecule has 1 aliphatic rings. The molecule has 0 saturated heterocycles. The lowest BCUT2D eigenvalue weighted by atomic mass is 10.0. The number of rotatable bonds is 1. The van der Waals surface area contributed by atoms with Gasteiger partial charge in [0.05, 0.1) is 5.69 Å². The van der Waals surface area contributed by atoms with Crippen LogP contribution in [0, 0.1) is 12.7 Å². The number of hydrogen-bond donors (Lipinski definition) is 0. The third-order valence-corrected chi connectivity index (χ3v) is 3.53. The molecule has 0 unspecified atom stereocenters. The molecule has 2 aromatic rings. The molecule has 100 valence electrons. The Balaban J connectivity index is 2.13. The molecule has 3 rings (SSSR count). The number of likely N-dealkylation sites (N-methyl/N-ethyl adjacent to an activating group) is 1. The van der Waals surface area contributed by atoms with Crippen molar-refractivity contribution >= 4 is 23.2 Å². The average molecular weight is 267 g/mol. The van der Waals surface area contributed by atoms with Gasteiger partial charge >= 0.3 is 0 Å². The molecule has 0 bridgehead atoms. The number of benzene rings is 2. The summed E-state index contributed by atoms with van der Waals surface area (Å²) in [6.07, 6.45) is 1.81. The summed E-state index contributed by atoms with van der Waals surface area (Å²) >= 11 is 0. The quantitative estimate of drug-likeness (QED) is 0.722. The highest BCUT2D eigenvalue weighted by Gasteiger charge is 2.29. The SMILES string of the molecule is Cc1ccc(/C=C2/C(=O)N(C)c3ccc(F)cc32)cc1. The molecule has 0 radical (unpaired) electrons. The smallest absolute Gasteiger partial charge is 0.258 e. The van der Waals surface area contributed by atoms with Crippen LogP contribution < -0.4 is 4.90 Å². The first-order chi connectivity index (χ1) is 9.56. The Morgan fingerprint density at radius 1 is 1.10 bits per heavy atom. The van der Waals surface area contributed by atoms with Crippen molar-refractivity contribution in [1.82, 2.24) is 0 Å². The van der Waals surface area contributed by atoms with Crippen LogP contribution in [0.4, 0.5) is 10.1 Å². The van der Waals surface area contributed by atoms with Crippen LogP contribution in [0.15, 0.2) is 42.5 Å². The molecule has 0 aliphatic carbocycles. The van der Waals surface area contributed by atoms with E-state index in [9.17, 15) is 9.18 Å². The normalized spacial score (nSPS) is 15.8. The minimum absolute atomic E-state index is 0.105. The molecule has 2 nitrogen and oxygen atoms in total. The van der Waals surface area contributed by atoms with Gasteiger partial charge in [0, 0.05) is 18.2 Å². The fourth-order valence-electron chi connectivity index (χ4n) is 2.39. The predicted octanol–water partition coefficient (Wildman–Crippen LogP) is 3.65. The maximum absolute atomic E-state index is 13.4. The van der Waals surface area contributed by atoms with Crippen LogP contribution in [0.1, 0.15) is 16.7 Å². The summed E-state index contributed by atoms with van der Waals surface area (Å²) < 4.78 is 13.4. The summed E-state index contributed by atoms with van der Waals surface area (Å²) in [4.78, 5) is 13.8. The minimum Gasteiger partial charge on any atom is -0.311 e. The predicted molar refractivity (Wildman–Crippen MR) is 78.9 cm³/mol. The van der Waals surface area contributed by atoms with Crippen LogP contribution in [0.25, 0.3) is 11.6 Å². The van der Waals surface area contributed by atoms with Gasteiger partial charge in [-0.3, -0.25) is 4.79 Å². The summed E-state index contributed by atoms with van der Waals surface area (Å²) in [7, 11) is 1.70. The second kappa shape index (κ2) is 4.60. The van der Waals surface area contributed by atoms with Gasteiger partial charge in [0.1, 0.15) is 5.82 Å². The van der Waals surface area contributed by atoms with Gasteiger partial charge in [0.25, 0.3) is 5.91 Å². The molecule has 1 heterocycles. The Morgan fingerprint density at radius 3 is 2.50 bits per heavy atom. The first-order valence-electron chi connectivity index (χ1n) is 6.42. The van der Waals surface area contributed by atoms with Crippen molar-refractivity contribution < 1.29 is 9.18 Å². The molecule has 1 amide bonds. The number of amides is 1. The molecule has 0 N–H and O–H groups in total. The molecule has 0 saturated carbocycles. The first-order valence-corrected chi connectivity index (χ1v) is 6.42. The van der Waals surface area contributed by atoms with Gasteiger partial charge < -0.3 is 4.90 Å². The van der Waals surface area contributed by atoms with Crippen molar-refractivity contribution in [1.29, 1.82) is 0 Å². The Kier molecular flexibility index (Phi) is 2.90. The van der Waals surface area contributed by atoms with Crippen LogP contribution in [0.3, 0.4) is 0 Å². The van der Waals surface area contributed by atoms with E-state index in [0.717, 1.165) is 16.8 Å². The van der Waals surface area contributed by atoms with E-state index in [2.05, 4.69) is 0 Å². The molecule has 2 aromatic carbocycles. The molecule has 3 heteroatoms. The maximum Gasteiger partial charge on any atom is 0.258 e. The van der Waals surface area contributed by atoms with Crippen molar-refractivity contribution in [2.45, 2.75) is 6.92 Å². The third kappa shape index (κ3) is 2.01. The molecular weight excluding hydrogens is 253 g/mol. The molecule has 0 aromatic heterocycles. The number of aryl methyl sites for hydroxylation is 1. The number of carbonyl (C=O) groups excluding carboxylic acids is 1.